The van der Waals surface area contributed by atoms with E-state index in [0.29, 0.717) is 6.42 Å². The minimum Gasteiger partial charge on any atom is -0.369 e. The van der Waals surface area contributed by atoms with Crippen molar-refractivity contribution >= 4 is 18.3 Å². The molecule has 0 unspecified atom stereocenters. The molecular weight excluding hydrogens is 186 g/mol. The van der Waals surface area contributed by atoms with Crippen molar-refractivity contribution in [1.82, 2.24) is 0 Å². The average molecular weight is 200 g/mol. The summed E-state index contributed by atoms with van der Waals surface area (Å²) in [6.07, 6.45) is 0.336. The van der Waals surface area contributed by atoms with Crippen molar-refractivity contribution in [2.45, 2.75) is 20.3 Å². The maximum absolute atomic E-state index is 10.6. The number of primary amides is 1. The summed E-state index contributed by atoms with van der Waals surface area (Å²) in [5.74, 6) is -0.278. The summed E-state index contributed by atoms with van der Waals surface area (Å²) in [4.78, 5) is 10.6. The topological polar surface area (TPSA) is 43.1 Å². The van der Waals surface area contributed by atoms with Crippen LogP contribution >= 0.6 is 12.4 Å². The average Bonchev–Trinajstić information content (AvgIpc) is 1.81. The van der Waals surface area contributed by atoms with E-state index >= 15 is 0 Å². The first-order chi connectivity index (χ1) is 5.58. The Morgan fingerprint density at radius 1 is 1.23 bits per heavy atom. The fourth-order valence-corrected chi connectivity index (χ4v) is 1.37. The van der Waals surface area contributed by atoms with Gasteiger partial charge in [-0.3, -0.25) is 4.79 Å². The van der Waals surface area contributed by atoms with Crippen molar-refractivity contribution < 1.29 is 4.79 Å². The molecule has 0 fully saturated rings. The maximum atomic E-state index is 10.6. The standard InChI is InChI=1S/C10H13NO.ClH/c1-7-3-8(2)5-9(4-7)6-10(11)12;/h3-5H,6H2,1-2H3,(H2,11,12);1H. The first-order valence-corrected chi connectivity index (χ1v) is 3.93. The zero-order valence-electron chi connectivity index (χ0n) is 7.83. The number of carbonyl (C=O) groups excluding carboxylic acids is 1. The smallest absolute Gasteiger partial charge is 0.221 e. The largest absolute Gasteiger partial charge is 0.369 e. The van der Waals surface area contributed by atoms with Crippen LogP contribution < -0.4 is 5.73 Å². The summed E-state index contributed by atoms with van der Waals surface area (Å²) in [5.41, 5.74) is 8.43. The van der Waals surface area contributed by atoms with E-state index in [0.717, 1.165) is 5.56 Å². The van der Waals surface area contributed by atoms with Crippen LogP contribution in [0.1, 0.15) is 16.7 Å². The molecule has 1 aromatic rings. The summed E-state index contributed by atoms with van der Waals surface area (Å²) in [6.45, 7) is 4.02. The van der Waals surface area contributed by atoms with Gasteiger partial charge in [-0.25, -0.2) is 0 Å². The van der Waals surface area contributed by atoms with Crippen LogP contribution in [0.4, 0.5) is 0 Å². The van der Waals surface area contributed by atoms with E-state index in [4.69, 9.17) is 5.73 Å². The summed E-state index contributed by atoms with van der Waals surface area (Å²) in [7, 11) is 0. The quantitative estimate of drug-likeness (QED) is 0.775. The van der Waals surface area contributed by atoms with E-state index < -0.39 is 0 Å². The molecule has 0 aliphatic rings. The number of rotatable bonds is 2. The number of benzene rings is 1. The number of hydrogen-bond acceptors (Lipinski definition) is 1. The fraction of sp³-hybridized carbons (Fsp3) is 0.300. The Balaban J connectivity index is 0.00000144. The van der Waals surface area contributed by atoms with Crippen molar-refractivity contribution in [1.29, 1.82) is 0 Å². The van der Waals surface area contributed by atoms with Gasteiger partial charge in [-0.2, -0.15) is 0 Å². The molecule has 0 atom stereocenters. The van der Waals surface area contributed by atoms with E-state index in [1.165, 1.54) is 11.1 Å². The molecule has 2 nitrogen and oxygen atoms in total. The second-order valence-corrected chi connectivity index (χ2v) is 3.14. The van der Waals surface area contributed by atoms with Crippen LogP contribution in [0.15, 0.2) is 18.2 Å². The monoisotopic (exact) mass is 199 g/mol. The zero-order valence-corrected chi connectivity index (χ0v) is 8.65. The molecule has 0 saturated carbocycles. The highest BCUT2D eigenvalue weighted by atomic mass is 35.5. The third-order valence-corrected chi connectivity index (χ3v) is 1.66. The van der Waals surface area contributed by atoms with Gasteiger partial charge in [0.05, 0.1) is 6.42 Å². The molecule has 0 saturated heterocycles. The van der Waals surface area contributed by atoms with Gasteiger partial charge in [-0.15, -0.1) is 12.4 Å². The molecule has 0 spiro atoms. The predicted molar refractivity (Wildman–Crippen MR) is 56.1 cm³/mol. The van der Waals surface area contributed by atoms with E-state index in [1.54, 1.807) is 0 Å². The molecule has 0 aliphatic carbocycles. The van der Waals surface area contributed by atoms with Crippen LogP contribution in [-0.4, -0.2) is 5.91 Å². The van der Waals surface area contributed by atoms with Crippen molar-refractivity contribution in [2.24, 2.45) is 5.73 Å². The summed E-state index contributed by atoms with van der Waals surface area (Å²) in [5, 5.41) is 0. The SMILES string of the molecule is Cc1cc(C)cc(CC(N)=O)c1.Cl. The molecule has 2 N–H and O–H groups in total. The molecule has 3 heteroatoms. The fourth-order valence-electron chi connectivity index (χ4n) is 1.37. The van der Waals surface area contributed by atoms with Crippen LogP contribution in [0.2, 0.25) is 0 Å². The third kappa shape index (κ3) is 3.95. The van der Waals surface area contributed by atoms with Crippen LogP contribution in [0, 0.1) is 13.8 Å². The first kappa shape index (κ1) is 12.0. The van der Waals surface area contributed by atoms with Gasteiger partial charge < -0.3 is 5.73 Å². The molecule has 1 rings (SSSR count). The van der Waals surface area contributed by atoms with Gasteiger partial charge in [0.15, 0.2) is 0 Å². The van der Waals surface area contributed by atoms with E-state index in [1.807, 2.05) is 26.0 Å². The molecule has 1 aromatic carbocycles. The zero-order chi connectivity index (χ0) is 9.14. The number of halogens is 1. The molecule has 0 aliphatic heterocycles. The summed E-state index contributed by atoms with van der Waals surface area (Å²) < 4.78 is 0. The second-order valence-electron chi connectivity index (χ2n) is 3.14. The molecule has 0 heterocycles. The molecule has 0 bridgehead atoms. The highest BCUT2D eigenvalue weighted by molar-refractivity contribution is 5.85. The Kier molecular flexibility index (Phi) is 4.49. The second kappa shape index (κ2) is 4.87. The Morgan fingerprint density at radius 3 is 2.08 bits per heavy atom. The summed E-state index contributed by atoms with van der Waals surface area (Å²) in [6, 6.07) is 6.04. The predicted octanol–water partition coefficient (Wildman–Crippen LogP) is 1.75. The number of aryl methyl sites for hydroxylation is 2. The third-order valence-electron chi connectivity index (χ3n) is 1.66. The number of hydrogen-bond donors (Lipinski definition) is 1. The molecule has 1 amide bonds. The molecular formula is C10H14ClNO. The van der Waals surface area contributed by atoms with E-state index in [-0.39, 0.29) is 18.3 Å². The minimum absolute atomic E-state index is 0. The van der Waals surface area contributed by atoms with Gasteiger partial charge in [0.25, 0.3) is 0 Å². The van der Waals surface area contributed by atoms with Gasteiger partial charge in [0.1, 0.15) is 0 Å². The highest BCUT2D eigenvalue weighted by Crippen LogP contribution is 2.08. The van der Waals surface area contributed by atoms with Crippen LogP contribution in [0.5, 0.6) is 0 Å². The summed E-state index contributed by atoms with van der Waals surface area (Å²) >= 11 is 0. The van der Waals surface area contributed by atoms with Gasteiger partial charge in [0, 0.05) is 0 Å². The molecule has 0 radical (unpaired) electrons. The minimum atomic E-state index is -0.278. The molecule has 0 aromatic heterocycles. The number of nitrogens with two attached hydrogens (primary N) is 1. The van der Waals surface area contributed by atoms with E-state index in [2.05, 4.69) is 6.07 Å². The van der Waals surface area contributed by atoms with Crippen molar-refractivity contribution in [3.63, 3.8) is 0 Å². The maximum Gasteiger partial charge on any atom is 0.221 e. The Morgan fingerprint density at radius 2 is 1.69 bits per heavy atom. The molecule has 13 heavy (non-hydrogen) atoms. The van der Waals surface area contributed by atoms with Crippen molar-refractivity contribution in [2.75, 3.05) is 0 Å². The van der Waals surface area contributed by atoms with Gasteiger partial charge in [-0.05, 0) is 19.4 Å². The van der Waals surface area contributed by atoms with Gasteiger partial charge in [-0.1, -0.05) is 29.3 Å². The highest BCUT2D eigenvalue weighted by Gasteiger charge is 1.99. The molecule has 72 valence electrons. The Hall–Kier alpha value is -1.02. The Labute approximate surface area is 84.5 Å². The lowest BCUT2D eigenvalue weighted by Gasteiger charge is -2.01. The number of amides is 1. The van der Waals surface area contributed by atoms with Crippen LogP contribution in [0.25, 0.3) is 0 Å². The van der Waals surface area contributed by atoms with Gasteiger partial charge >= 0.3 is 0 Å². The lowest BCUT2D eigenvalue weighted by molar-refractivity contribution is -0.117. The lowest BCUT2D eigenvalue weighted by Crippen LogP contribution is -2.13. The Bertz CT molecular complexity index is 290. The number of carbonyl (C=O) groups is 1. The van der Waals surface area contributed by atoms with Gasteiger partial charge in [0.2, 0.25) is 5.91 Å². The first-order valence-electron chi connectivity index (χ1n) is 3.93. The van der Waals surface area contributed by atoms with Crippen LogP contribution in [-0.2, 0) is 11.2 Å². The van der Waals surface area contributed by atoms with Crippen LogP contribution in [0.3, 0.4) is 0 Å². The lowest BCUT2D eigenvalue weighted by atomic mass is 10.1. The van der Waals surface area contributed by atoms with E-state index in [9.17, 15) is 4.79 Å². The van der Waals surface area contributed by atoms with Crippen molar-refractivity contribution in [3.8, 4) is 0 Å². The van der Waals surface area contributed by atoms with Crippen molar-refractivity contribution in [3.05, 3.63) is 34.9 Å². The normalized spacial score (nSPS) is 9.08.